The Morgan fingerprint density at radius 1 is 1.32 bits per heavy atom. The number of carbonyl (C=O) groups excluding carboxylic acids is 1. The molecule has 0 fully saturated rings. The molecule has 0 radical (unpaired) electrons. The first-order valence-electron chi connectivity index (χ1n) is 7.00. The Kier molecular flexibility index (Phi) is 6.86. The van der Waals surface area contributed by atoms with E-state index in [2.05, 4.69) is 10.3 Å². The molecule has 118 valence electrons. The molecule has 0 atom stereocenters. The molecule has 0 aliphatic rings. The number of hydrogen-bond acceptors (Lipinski definition) is 3. The summed E-state index contributed by atoms with van der Waals surface area (Å²) in [5, 5.41) is 2.88. The number of aryl methyl sites for hydroxylation is 1. The third-order valence-electron chi connectivity index (χ3n) is 2.98. The minimum absolute atomic E-state index is 0. The number of pyridine rings is 1. The number of halogens is 1. The fraction of sp³-hybridized carbons (Fsp3) is 0.294. The molecule has 4 nitrogen and oxygen atoms in total. The van der Waals surface area contributed by atoms with Gasteiger partial charge in [0.25, 0.3) is 5.91 Å². The maximum Gasteiger partial charge on any atom is 0.253 e. The van der Waals surface area contributed by atoms with Gasteiger partial charge in [-0.15, -0.1) is 12.4 Å². The number of carbonyl (C=O) groups is 1. The van der Waals surface area contributed by atoms with E-state index in [1.165, 1.54) is 0 Å². The number of aromatic nitrogens is 1. The van der Waals surface area contributed by atoms with Gasteiger partial charge in [-0.25, -0.2) is 0 Å². The maximum absolute atomic E-state index is 11.9. The summed E-state index contributed by atoms with van der Waals surface area (Å²) in [6.07, 6.45) is 3.35. The number of nitrogens with zero attached hydrogens (tertiary/aromatic N) is 1. The highest BCUT2D eigenvalue weighted by Crippen LogP contribution is 2.20. The standard InChI is InChI=1S/C17H20N2O2.ClH/c1-12(2)21-16-7-6-14(9-13(16)3)10-19-17(20)15-5-4-8-18-11-15;/h4-9,11-12H,10H2,1-3H3,(H,19,20);1H. The van der Waals surface area contributed by atoms with Crippen LogP contribution in [0.3, 0.4) is 0 Å². The Morgan fingerprint density at radius 2 is 2.09 bits per heavy atom. The molecular weight excluding hydrogens is 300 g/mol. The largest absolute Gasteiger partial charge is 0.491 e. The lowest BCUT2D eigenvalue weighted by Crippen LogP contribution is -2.22. The SMILES string of the molecule is Cc1cc(CNC(=O)c2cccnc2)ccc1OC(C)C.Cl. The van der Waals surface area contributed by atoms with E-state index in [0.29, 0.717) is 12.1 Å². The normalized spacial score (nSPS) is 10.0. The molecule has 0 aliphatic heterocycles. The first-order chi connectivity index (χ1) is 10.1. The minimum Gasteiger partial charge on any atom is -0.491 e. The molecule has 2 rings (SSSR count). The van der Waals surface area contributed by atoms with Crippen LogP contribution >= 0.6 is 12.4 Å². The molecule has 0 aliphatic carbocycles. The van der Waals surface area contributed by atoms with Crippen molar-refractivity contribution in [2.45, 2.75) is 33.4 Å². The first-order valence-corrected chi connectivity index (χ1v) is 7.00. The monoisotopic (exact) mass is 320 g/mol. The third kappa shape index (κ3) is 5.04. The molecule has 0 bridgehead atoms. The quantitative estimate of drug-likeness (QED) is 0.917. The molecule has 0 unspecified atom stereocenters. The summed E-state index contributed by atoms with van der Waals surface area (Å²) in [6.45, 7) is 6.49. The first kappa shape index (κ1) is 18.0. The highest BCUT2D eigenvalue weighted by atomic mass is 35.5. The molecule has 1 N–H and O–H groups in total. The van der Waals surface area contributed by atoms with Gasteiger partial charge in [-0.1, -0.05) is 12.1 Å². The van der Waals surface area contributed by atoms with E-state index in [0.717, 1.165) is 16.9 Å². The Morgan fingerprint density at radius 3 is 2.68 bits per heavy atom. The summed E-state index contributed by atoms with van der Waals surface area (Å²) in [5.74, 6) is 0.760. The summed E-state index contributed by atoms with van der Waals surface area (Å²) >= 11 is 0. The molecule has 0 spiro atoms. The summed E-state index contributed by atoms with van der Waals surface area (Å²) in [4.78, 5) is 15.9. The molecule has 1 amide bonds. The zero-order valence-corrected chi connectivity index (χ0v) is 13.8. The Balaban J connectivity index is 0.00000242. The molecule has 5 heteroatoms. The van der Waals surface area contributed by atoms with Crippen LogP contribution in [0.4, 0.5) is 0 Å². The summed E-state index contributed by atoms with van der Waals surface area (Å²) < 4.78 is 5.70. The van der Waals surface area contributed by atoms with Gasteiger partial charge in [0.1, 0.15) is 5.75 Å². The van der Waals surface area contributed by atoms with Crippen LogP contribution in [0.15, 0.2) is 42.7 Å². The van der Waals surface area contributed by atoms with Crippen LogP contribution in [0, 0.1) is 6.92 Å². The maximum atomic E-state index is 11.9. The van der Waals surface area contributed by atoms with Crippen molar-refractivity contribution in [2.75, 3.05) is 0 Å². The van der Waals surface area contributed by atoms with Crippen molar-refractivity contribution in [3.63, 3.8) is 0 Å². The van der Waals surface area contributed by atoms with E-state index in [1.54, 1.807) is 24.5 Å². The van der Waals surface area contributed by atoms with E-state index < -0.39 is 0 Å². The molecule has 2 aromatic rings. The van der Waals surface area contributed by atoms with Crippen LogP contribution in [0.2, 0.25) is 0 Å². The fourth-order valence-electron chi connectivity index (χ4n) is 1.99. The highest BCUT2D eigenvalue weighted by molar-refractivity contribution is 5.93. The molecule has 1 aromatic heterocycles. The Bertz CT molecular complexity index is 615. The van der Waals surface area contributed by atoms with E-state index in [4.69, 9.17) is 4.74 Å². The van der Waals surface area contributed by atoms with Crippen molar-refractivity contribution in [3.8, 4) is 5.75 Å². The van der Waals surface area contributed by atoms with Crippen molar-refractivity contribution in [1.82, 2.24) is 10.3 Å². The lowest BCUT2D eigenvalue weighted by atomic mass is 10.1. The predicted molar refractivity (Wildman–Crippen MR) is 89.6 cm³/mol. The van der Waals surface area contributed by atoms with E-state index >= 15 is 0 Å². The van der Waals surface area contributed by atoms with Gasteiger partial charge in [-0.05, 0) is 50.1 Å². The van der Waals surface area contributed by atoms with E-state index in [-0.39, 0.29) is 24.4 Å². The lowest BCUT2D eigenvalue weighted by Gasteiger charge is -2.13. The molecule has 22 heavy (non-hydrogen) atoms. The van der Waals surface area contributed by atoms with Crippen molar-refractivity contribution in [2.24, 2.45) is 0 Å². The number of amides is 1. The zero-order valence-electron chi connectivity index (χ0n) is 13.0. The molecule has 1 heterocycles. The fourth-order valence-corrected chi connectivity index (χ4v) is 1.99. The van der Waals surface area contributed by atoms with Crippen molar-refractivity contribution >= 4 is 18.3 Å². The lowest BCUT2D eigenvalue weighted by molar-refractivity contribution is 0.0950. The molecule has 0 saturated carbocycles. The van der Waals surface area contributed by atoms with Crippen molar-refractivity contribution in [3.05, 3.63) is 59.4 Å². The van der Waals surface area contributed by atoms with Crippen LogP contribution < -0.4 is 10.1 Å². The predicted octanol–water partition coefficient (Wildman–Crippen LogP) is 3.53. The number of benzene rings is 1. The summed E-state index contributed by atoms with van der Waals surface area (Å²) in [6, 6.07) is 9.43. The highest BCUT2D eigenvalue weighted by Gasteiger charge is 2.06. The number of hydrogen-bond donors (Lipinski definition) is 1. The van der Waals surface area contributed by atoms with Gasteiger partial charge in [-0.3, -0.25) is 9.78 Å². The number of nitrogens with one attached hydrogen (secondary N) is 1. The molecular formula is C17H21ClN2O2. The Hall–Kier alpha value is -2.07. The second kappa shape index (κ2) is 8.39. The summed E-state index contributed by atoms with van der Waals surface area (Å²) in [5.41, 5.74) is 2.67. The van der Waals surface area contributed by atoms with Gasteiger partial charge in [0.05, 0.1) is 11.7 Å². The van der Waals surface area contributed by atoms with Gasteiger partial charge < -0.3 is 10.1 Å². The van der Waals surface area contributed by atoms with Crippen LogP contribution in [0.25, 0.3) is 0 Å². The van der Waals surface area contributed by atoms with Crippen LogP contribution in [-0.2, 0) is 6.54 Å². The van der Waals surface area contributed by atoms with E-state index in [9.17, 15) is 4.79 Å². The van der Waals surface area contributed by atoms with Gasteiger partial charge in [0.2, 0.25) is 0 Å². The van der Waals surface area contributed by atoms with Gasteiger partial charge >= 0.3 is 0 Å². The third-order valence-corrected chi connectivity index (χ3v) is 2.98. The van der Waals surface area contributed by atoms with Crippen molar-refractivity contribution < 1.29 is 9.53 Å². The number of ether oxygens (including phenoxy) is 1. The van der Waals surface area contributed by atoms with Gasteiger partial charge in [0, 0.05) is 18.9 Å². The van der Waals surface area contributed by atoms with Crippen LogP contribution in [0.1, 0.15) is 35.3 Å². The molecule has 1 aromatic carbocycles. The number of rotatable bonds is 5. The average Bonchev–Trinajstić information content (AvgIpc) is 2.48. The Labute approximate surface area is 137 Å². The van der Waals surface area contributed by atoms with E-state index in [1.807, 2.05) is 39.0 Å². The second-order valence-electron chi connectivity index (χ2n) is 5.19. The zero-order chi connectivity index (χ0) is 15.2. The minimum atomic E-state index is -0.122. The summed E-state index contributed by atoms with van der Waals surface area (Å²) in [7, 11) is 0. The smallest absolute Gasteiger partial charge is 0.253 e. The molecule has 0 saturated heterocycles. The van der Waals surface area contributed by atoms with Crippen LogP contribution in [0.5, 0.6) is 5.75 Å². The van der Waals surface area contributed by atoms with Gasteiger partial charge in [-0.2, -0.15) is 0 Å². The second-order valence-corrected chi connectivity index (χ2v) is 5.19. The van der Waals surface area contributed by atoms with Crippen LogP contribution in [-0.4, -0.2) is 17.0 Å². The van der Waals surface area contributed by atoms with Crippen molar-refractivity contribution in [1.29, 1.82) is 0 Å². The topological polar surface area (TPSA) is 51.2 Å². The van der Waals surface area contributed by atoms with Gasteiger partial charge in [0.15, 0.2) is 0 Å². The average molecular weight is 321 g/mol.